The third-order valence-electron chi connectivity index (χ3n) is 2.17. The zero-order valence-electron chi connectivity index (χ0n) is 10.4. The molecule has 0 aliphatic rings. The molecule has 1 amide bonds. The minimum Gasteiger partial charge on any atom is -0.450 e. The van der Waals surface area contributed by atoms with Gasteiger partial charge in [0, 0.05) is 17.8 Å². The van der Waals surface area contributed by atoms with Crippen LogP contribution in [0, 0.1) is 17.0 Å². The van der Waals surface area contributed by atoms with Crippen LogP contribution in [0.4, 0.5) is 16.2 Å². The summed E-state index contributed by atoms with van der Waals surface area (Å²) < 4.78 is 4.66. The Bertz CT molecular complexity index is 519. The molecular formula is C11H13N3O4S. The van der Waals surface area contributed by atoms with Gasteiger partial charge in [0.05, 0.1) is 11.5 Å². The van der Waals surface area contributed by atoms with Crippen LogP contribution in [0.1, 0.15) is 12.5 Å². The van der Waals surface area contributed by atoms with Gasteiger partial charge < -0.3 is 10.1 Å². The third kappa shape index (κ3) is 4.51. The van der Waals surface area contributed by atoms with E-state index in [1.165, 1.54) is 12.1 Å². The average molecular weight is 283 g/mol. The first-order valence-corrected chi connectivity index (χ1v) is 5.84. The van der Waals surface area contributed by atoms with Crippen molar-refractivity contribution >= 4 is 34.8 Å². The number of alkyl carbamates (subject to hydrolysis) is 1. The molecule has 0 aromatic heterocycles. The maximum Gasteiger partial charge on any atom is 0.413 e. The maximum atomic E-state index is 11.1. The predicted octanol–water partition coefficient (Wildman–Crippen LogP) is 2.35. The first kappa shape index (κ1) is 14.8. The lowest BCUT2D eigenvalue weighted by atomic mass is 10.2. The van der Waals surface area contributed by atoms with E-state index in [-0.39, 0.29) is 17.4 Å². The first-order chi connectivity index (χ1) is 8.93. The number of benzene rings is 1. The lowest BCUT2D eigenvalue weighted by Crippen LogP contribution is -2.34. The standard InChI is InChI=1S/C11H13N3O4S/c1-3-18-11(15)13-10(19)12-9-6-8(14(16)17)5-4-7(9)2/h4-6H,3H2,1-2H3,(H2,12,13,15,19). The highest BCUT2D eigenvalue weighted by Crippen LogP contribution is 2.21. The number of rotatable bonds is 3. The van der Waals surface area contributed by atoms with Crippen molar-refractivity contribution in [3.05, 3.63) is 33.9 Å². The van der Waals surface area contributed by atoms with Gasteiger partial charge >= 0.3 is 6.09 Å². The van der Waals surface area contributed by atoms with Crippen LogP contribution >= 0.6 is 12.2 Å². The van der Waals surface area contributed by atoms with Gasteiger partial charge in [-0.1, -0.05) is 6.07 Å². The highest BCUT2D eigenvalue weighted by molar-refractivity contribution is 7.80. The molecule has 0 saturated heterocycles. The summed E-state index contributed by atoms with van der Waals surface area (Å²) in [6, 6.07) is 4.32. The number of aryl methyl sites for hydroxylation is 1. The molecule has 1 aromatic carbocycles. The van der Waals surface area contributed by atoms with E-state index >= 15 is 0 Å². The van der Waals surface area contributed by atoms with E-state index in [9.17, 15) is 14.9 Å². The van der Waals surface area contributed by atoms with Crippen LogP contribution in [0.2, 0.25) is 0 Å². The fourth-order valence-electron chi connectivity index (χ4n) is 1.27. The number of nitrogens with one attached hydrogen (secondary N) is 2. The van der Waals surface area contributed by atoms with Crippen LogP contribution in [0.3, 0.4) is 0 Å². The van der Waals surface area contributed by atoms with Crippen molar-refractivity contribution < 1.29 is 14.5 Å². The number of carbonyl (C=O) groups is 1. The van der Waals surface area contributed by atoms with Crippen LogP contribution in [-0.4, -0.2) is 22.7 Å². The van der Waals surface area contributed by atoms with Gasteiger partial charge in [0.1, 0.15) is 0 Å². The Morgan fingerprint density at radius 2 is 2.21 bits per heavy atom. The zero-order valence-corrected chi connectivity index (χ0v) is 11.2. The molecule has 7 nitrogen and oxygen atoms in total. The minimum atomic E-state index is -0.678. The lowest BCUT2D eigenvalue weighted by molar-refractivity contribution is -0.384. The van der Waals surface area contributed by atoms with Crippen molar-refractivity contribution in [2.45, 2.75) is 13.8 Å². The number of nitro groups is 1. The van der Waals surface area contributed by atoms with E-state index < -0.39 is 11.0 Å². The summed E-state index contributed by atoms with van der Waals surface area (Å²) in [6.07, 6.45) is -0.678. The van der Waals surface area contributed by atoms with Crippen molar-refractivity contribution in [2.24, 2.45) is 0 Å². The summed E-state index contributed by atoms with van der Waals surface area (Å²) in [5.41, 5.74) is 1.15. The molecular weight excluding hydrogens is 270 g/mol. The molecule has 0 heterocycles. The largest absolute Gasteiger partial charge is 0.450 e. The highest BCUT2D eigenvalue weighted by Gasteiger charge is 2.11. The molecule has 19 heavy (non-hydrogen) atoms. The van der Waals surface area contributed by atoms with Crippen LogP contribution < -0.4 is 10.6 Å². The second-order valence-corrected chi connectivity index (χ2v) is 3.96. The lowest BCUT2D eigenvalue weighted by Gasteiger charge is -2.11. The second-order valence-electron chi connectivity index (χ2n) is 3.56. The molecule has 0 bridgehead atoms. The fourth-order valence-corrected chi connectivity index (χ4v) is 1.46. The third-order valence-corrected chi connectivity index (χ3v) is 2.38. The summed E-state index contributed by atoms with van der Waals surface area (Å²) in [4.78, 5) is 21.3. The topological polar surface area (TPSA) is 93.5 Å². The molecule has 2 N–H and O–H groups in total. The van der Waals surface area contributed by atoms with E-state index in [0.29, 0.717) is 5.69 Å². The van der Waals surface area contributed by atoms with Gasteiger partial charge in [-0.05, 0) is 31.6 Å². The molecule has 8 heteroatoms. The van der Waals surface area contributed by atoms with Crippen molar-refractivity contribution in [2.75, 3.05) is 11.9 Å². The fraction of sp³-hybridized carbons (Fsp3) is 0.273. The molecule has 0 fully saturated rings. The van der Waals surface area contributed by atoms with Gasteiger partial charge in [0.25, 0.3) is 5.69 Å². The average Bonchev–Trinajstić information content (AvgIpc) is 2.31. The van der Waals surface area contributed by atoms with E-state index in [4.69, 9.17) is 12.2 Å². The number of hydrogen-bond acceptors (Lipinski definition) is 5. The minimum absolute atomic E-state index is 0.0158. The number of nitro benzene ring substituents is 1. The summed E-state index contributed by atoms with van der Waals surface area (Å²) >= 11 is 4.90. The van der Waals surface area contributed by atoms with E-state index in [1.807, 2.05) is 0 Å². The molecule has 0 atom stereocenters. The van der Waals surface area contributed by atoms with Crippen molar-refractivity contribution in [3.63, 3.8) is 0 Å². The number of ether oxygens (including phenoxy) is 1. The van der Waals surface area contributed by atoms with Gasteiger partial charge in [-0.15, -0.1) is 0 Å². The molecule has 102 valence electrons. The Labute approximate surface area is 115 Å². The van der Waals surface area contributed by atoms with Crippen molar-refractivity contribution in [1.82, 2.24) is 5.32 Å². The Morgan fingerprint density at radius 3 is 2.79 bits per heavy atom. The van der Waals surface area contributed by atoms with Gasteiger partial charge in [0.15, 0.2) is 5.11 Å². The quantitative estimate of drug-likeness (QED) is 0.502. The number of anilines is 1. The molecule has 1 rings (SSSR count). The number of carbonyl (C=O) groups excluding carboxylic acids is 1. The van der Waals surface area contributed by atoms with E-state index in [0.717, 1.165) is 5.56 Å². The Balaban J connectivity index is 2.76. The van der Waals surface area contributed by atoms with Gasteiger partial charge in [-0.3, -0.25) is 15.4 Å². The molecule has 0 aliphatic heterocycles. The second kappa shape index (κ2) is 6.64. The summed E-state index contributed by atoms with van der Waals surface area (Å²) in [7, 11) is 0. The predicted molar refractivity (Wildman–Crippen MR) is 74.2 cm³/mol. The molecule has 0 radical (unpaired) electrons. The SMILES string of the molecule is CCOC(=O)NC(=S)Nc1cc([N+](=O)[O-])ccc1C. The Hall–Kier alpha value is -2.22. The van der Waals surface area contributed by atoms with Crippen LogP contribution in [0.15, 0.2) is 18.2 Å². The van der Waals surface area contributed by atoms with Gasteiger partial charge in [0.2, 0.25) is 0 Å². The normalized spacial score (nSPS) is 9.58. The molecule has 0 saturated carbocycles. The number of nitrogens with zero attached hydrogens (tertiary/aromatic N) is 1. The summed E-state index contributed by atoms with van der Waals surface area (Å²) in [5.74, 6) is 0. The number of thiocarbonyl (C=S) groups is 1. The monoisotopic (exact) mass is 283 g/mol. The van der Waals surface area contributed by atoms with E-state index in [2.05, 4.69) is 15.4 Å². The first-order valence-electron chi connectivity index (χ1n) is 5.43. The molecule has 0 unspecified atom stereocenters. The maximum absolute atomic E-state index is 11.1. The molecule has 0 spiro atoms. The van der Waals surface area contributed by atoms with E-state index in [1.54, 1.807) is 19.9 Å². The molecule has 1 aromatic rings. The number of hydrogen-bond donors (Lipinski definition) is 2. The number of non-ortho nitro benzene ring substituents is 1. The van der Waals surface area contributed by atoms with Crippen LogP contribution in [0.25, 0.3) is 0 Å². The van der Waals surface area contributed by atoms with Crippen molar-refractivity contribution in [3.8, 4) is 0 Å². The highest BCUT2D eigenvalue weighted by atomic mass is 32.1. The smallest absolute Gasteiger partial charge is 0.413 e. The Kier molecular flexibility index (Phi) is 5.19. The zero-order chi connectivity index (χ0) is 14.4. The van der Waals surface area contributed by atoms with Gasteiger partial charge in [-0.2, -0.15) is 0 Å². The van der Waals surface area contributed by atoms with Crippen LogP contribution in [-0.2, 0) is 4.74 Å². The summed E-state index contributed by atoms with van der Waals surface area (Å²) in [6.45, 7) is 3.66. The van der Waals surface area contributed by atoms with Crippen molar-refractivity contribution in [1.29, 1.82) is 0 Å². The number of amides is 1. The Morgan fingerprint density at radius 1 is 1.53 bits per heavy atom. The van der Waals surface area contributed by atoms with Gasteiger partial charge in [-0.25, -0.2) is 4.79 Å². The van der Waals surface area contributed by atoms with Crippen LogP contribution in [0.5, 0.6) is 0 Å². The molecule has 0 aliphatic carbocycles. The summed E-state index contributed by atoms with van der Waals surface area (Å²) in [5, 5.41) is 15.7.